The third-order valence-corrected chi connectivity index (χ3v) is 7.11. The Balaban J connectivity index is 1.32. The fraction of sp³-hybridized carbons (Fsp3) is 0.240. The third-order valence-electron chi connectivity index (χ3n) is 5.72. The summed E-state index contributed by atoms with van der Waals surface area (Å²) in [7, 11) is -3.64. The zero-order chi connectivity index (χ0) is 23.4. The number of halogens is 1. The normalized spacial score (nSPS) is 14.2. The van der Waals surface area contributed by atoms with Crippen LogP contribution in [0.15, 0.2) is 77.7 Å². The SMILES string of the molecule is Cc1ccc(S(=O)(=O)Nc2ccc(N3CCN(C(=O)Cc4ccc(F)cc4)CC3)cc2)cc1. The van der Waals surface area contributed by atoms with Gasteiger partial charge >= 0.3 is 0 Å². The molecule has 1 aliphatic rings. The van der Waals surface area contributed by atoms with Crippen LogP contribution in [0.1, 0.15) is 11.1 Å². The van der Waals surface area contributed by atoms with Crippen molar-refractivity contribution in [3.05, 3.63) is 89.7 Å². The Labute approximate surface area is 193 Å². The van der Waals surface area contributed by atoms with Crippen LogP contribution in [0.4, 0.5) is 15.8 Å². The van der Waals surface area contributed by atoms with Crippen molar-refractivity contribution in [3.63, 3.8) is 0 Å². The second kappa shape index (κ2) is 9.62. The van der Waals surface area contributed by atoms with Gasteiger partial charge in [-0.3, -0.25) is 9.52 Å². The molecule has 33 heavy (non-hydrogen) atoms. The van der Waals surface area contributed by atoms with Gasteiger partial charge in [0.05, 0.1) is 11.3 Å². The van der Waals surface area contributed by atoms with E-state index in [2.05, 4.69) is 9.62 Å². The molecule has 0 aliphatic carbocycles. The summed E-state index contributed by atoms with van der Waals surface area (Å²) in [5.41, 5.74) is 3.26. The lowest BCUT2D eigenvalue weighted by Gasteiger charge is -2.36. The van der Waals surface area contributed by atoms with E-state index in [1.54, 1.807) is 48.5 Å². The molecule has 0 aromatic heterocycles. The van der Waals surface area contributed by atoms with Crippen LogP contribution >= 0.6 is 0 Å². The van der Waals surface area contributed by atoms with Crippen molar-refractivity contribution in [2.75, 3.05) is 35.8 Å². The summed E-state index contributed by atoms with van der Waals surface area (Å²) in [6.07, 6.45) is 0.260. The Morgan fingerprint density at radius 1 is 0.879 bits per heavy atom. The van der Waals surface area contributed by atoms with Crippen LogP contribution in [0.2, 0.25) is 0 Å². The largest absolute Gasteiger partial charge is 0.368 e. The molecule has 172 valence electrons. The van der Waals surface area contributed by atoms with Crippen LogP contribution < -0.4 is 9.62 Å². The number of rotatable bonds is 6. The molecule has 3 aromatic rings. The Kier molecular flexibility index (Phi) is 6.65. The lowest BCUT2D eigenvalue weighted by atomic mass is 10.1. The first kappa shape index (κ1) is 22.8. The summed E-state index contributed by atoms with van der Waals surface area (Å²) < 4.78 is 40.8. The van der Waals surface area contributed by atoms with Gasteiger partial charge in [0, 0.05) is 37.6 Å². The zero-order valence-electron chi connectivity index (χ0n) is 18.4. The monoisotopic (exact) mass is 467 g/mol. The first-order chi connectivity index (χ1) is 15.8. The van der Waals surface area contributed by atoms with Crippen LogP contribution in [-0.2, 0) is 21.2 Å². The average Bonchev–Trinajstić information content (AvgIpc) is 2.81. The molecule has 0 radical (unpaired) electrons. The molecule has 1 aliphatic heterocycles. The van der Waals surface area contributed by atoms with Crippen LogP contribution in [-0.4, -0.2) is 45.4 Å². The van der Waals surface area contributed by atoms with Crippen molar-refractivity contribution in [2.45, 2.75) is 18.2 Å². The van der Waals surface area contributed by atoms with Crippen LogP contribution in [0.5, 0.6) is 0 Å². The number of carbonyl (C=O) groups excluding carboxylic acids is 1. The van der Waals surface area contributed by atoms with E-state index in [1.807, 2.05) is 24.0 Å². The number of sulfonamides is 1. The quantitative estimate of drug-likeness (QED) is 0.598. The molecule has 1 fully saturated rings. The van der Waals surface area contributed by atoms with Gasteiger partial charge in [-0.15, -0.1) is 0 Å². The summed E-state index contributed by atoms with van der Waals surface area (Å²) in [6.45, 7) is 4.47. The molecule has 0 bridgehead atoms. The second-order valence-corrected chi connectivity index (χ2v) is 9.82. The van der Waals surface area contributed by atoms with E-state index in [0.717, 1.165) is 16.8 Å². The lowest BCUT2D eigenvalue weighted by molar-refractivity contribution is -0.130. The molecule has 0 saturated carbocycles. The van der Waals surface area contributed by atoms with Crippen molar-refractivity contribution in [1.29, 1.82) is 0 Å². The number of hydrogen-bond donors (Lipinski definition) is 1. The van der Waals surface area contributed by atoms with Gasteiger partial charge in [-0.25, -0.2) is 12.8 Å². The molecular formula is C25H26FN3O3S. The van der Waals surface area contributed by atoms with Crippen LogP contribution in [0, 0.1) is 12.7 Å². The Morgan fingerprint density at radius 3 is 2.09 bits per heavy atom. The minimum absolute atomic E-state index is 0.0297. The molecule has 6 nitrogen and oxygen atoms in total. The summed E-state index contributed by atoms with van der Waals surface area (Å²) in [4.78, 5) is 16.8. The fourth-order valence-electron chi connectivity index (χ4n) is 3.77. The number of benzene rings is 3. The molecular weight excluding hydrogens is 441 g/mol. The van der Waals surface area contributed by atoms with Crippen molar-refractivity contribution in [1.82, 2.24) is 4.90 Å². The summed E-state index contributed by atoms with van der Waals surface area (Å²) in [5.74, 6) is -0.282. The molecule has 1 heterocycles. The predicted molar refractivity (Wildman–Crippen MR) is 127 cm³/mol. The number of hydrogen-bond acceptors (Lipinski definition) is 4. The van der Waals surface area contributed by atoms with Crippen LogP contribution in [0.25, 0.3) is 0 Å². The molecule has 1 amide bonds. The number of carbonyl (C=O) groups is 1. The smallest absolute Gasteiger partial charge is 0.261 e. The molecule has 0 spiro atoms. The number of piperazine rings is 1. The number of nitrogens with zero attached hydrogens (tertiary/aromatic N) is 2. The summed E-state index contributed by atoms with van der Waals surface area (Å²) >= 11 is 0. The molecule has 8 heteroatoms. The van der Waals surface area contributed by atoms with Crippen molar-refractivity contribution >= 4 is 27.3 Å². The Bertz CT molecular complexity index is 1200. The van der Waals surface area contributed by atoms with Gasteiger partial charge in [0.2, 0.25) is 5.91 Å². The highest BCUT2D eigenvalue weighted by atomic mass is 32.2. The summed E-state index contributed by atoms with van der Waals surface area (Å²) in [5, 5.41) is 0. The van der Waals surface area contributed by atoms with E-state index in [0.29, 0.717) is 31.9 Å². The molecule has 1 saturated heterocycles. The standard InChI is InChI=1S/C25H26FN3O3S/c1-19-2-12-24(13-3-19)33(31,32)27-22-8-10-23(11-9-22)28-14-16-29(17-15-28)25(30)18-20-4-6-21(26)7-5-20/h2-13,27H,14-18H2,1H3. The van der Waals surface area contributed by atoms with Gasteiger partial charge < -0.3 is 9.80 Å². The van der Waals surface area contributed by atoms with Crippen molar-refractivity contribution in [2.24, 2.45) is 0 Å². The highest BCUT2D eigenvalue weighted by Gasteiger charge is 2.22. The Morgan fingerprint density at radius 2 is 1.48 bits per heavy atom. The number of nitrogens with one attached hydrogen (secondary N) is 1. The predicted octanol–water partition coefficient (Wildman–Crippen LogP) is 3.83. The number of anilines is 2. The van der Waals surface area contributed by atoms with E-state index >= 15 is 0 Å². The van der Waals surface area contributed by atoms with Gasteiger partial charge in [-0.05, 0) is 61.0 Å². The maximum absolute atomic E-state index is 13.0. The maximum Gasteiger partial charge on any atom is 0.261 e. The minimum atomic E-state index is -3.64. The van der Waals surface area contributed by atoms with E-state index < -0.39 is 10.0 Å². The maximum atomic E-state index is 13.0. The highest BCUT2D eigenvalue weighted by molar-refractivity contribution is 7.92. The average molecular weight is 468 g/mol. The molecule has 3 aromatic carbocycles. The lowest BCUT2D eigenvalue weighted by Crippen LogP contribution is -2.49. The molecule has 0 unspecified atom stereocenters. The van der Waals surface area contributed by atoms with Crippen molar-refractivity contribution in [3.8, 4) is 0 Å². The molecule has 1 N–H and O–H groups in total. The first-order valence-corrected chi connectivity index (χ1v) is 12.3. The van der Waals surface area contributed by atoms with Gasteiger partial charge in [-0.2, -0.15) is 0 Å². The molecule has 0 atom stereocenters. The number of amides is 1. The highest BCUT2D eigenvalue weighted by Crippen LogP contribution is 2.22. The van der Waals surface area contributed by atoms with Gasteiger partial charge in [0.15, 0.2) is 0 Å². The van der Waals surface area contributed by atoms with E-state index in [1.165, 1.54) is 12.1 Å². The zero-order valence-corrected chi connectivity index (χ0v) is 19.2. The van der Waals surface area contributed by atoms with Crippen molar-refractivity contribution < 1.29 is 17.6 Å². The van der Waals surface area contributed by atoms with Gasteiger partial charge in [0.25, 0.3) is 10.0 Å². The Hall–Kier alpha value is -3.39. The first-order valence-electron chi connectivity index (χ1n) is 10.8. The second-order valence-electron chi connectivity index (χ2n) is 8.14. The van der Waals surface area contributed by atoms with E-state index in [4.69, 9.17) is 0 Å². The van der Waals surface area contributed by atoms with Gasteiger partial charge in [0.1, 0.15) is 5.82 Å². The number of aryl methyl sites for hydroxylation is 1. The minimum Gasteiger partial charge on any atom is -0.368 e. The van der Waals surface area contributed by atoms with Gasteiger partial charge in [-0.1, -0.05) is 29.8 Å². The van der Waals surface area contributed by atoms with E-state index in [-0.39, 0.29) is 23.0 Å². The topological polar surface area (TPSA) is 69.7 Å². The summed E-state index contributed by atoms with van der Waals surface area (Å²) in [6, 6.07) is 20.0. The molecule has 4 rings (SSSR count). The van der Waals surface area contributed by atoms with E-state index in [9.17, 15) is 17.6 Å². The van der Waals surface area contributed by atoms with Crippen LogP contribution in [0.3, 0.4) is 0 Å². The fourth-order valence-corrected chi connectivity index (χ4v) is 4.83. The third kappa shape index (κ3) is 5.70.